The van der Waals surface area contributed by atoms with Gasteiger partial charge in [-0.2, -0.15) is 0 Å². The highest BCUT2D eigenvalue weighted by Gasteiger charge is 2.06. The summed E-state index contributed by atoms with van der Waals surface area (Å²) in [6, 6.07) is 14.6. The van der Waals surface area contributed by atoms with E-state index in [0.717, 1.165) is 18.5 Å². The average molecular weight is 226 g/mol. The van der Waals surface area contributed by atoms with E-state index < -0.39 is 0 Å². The Labute approximate surface area is 103 Å². The third-order valence-electron chi connectivity index (χ3n) is 2.94. The first-order valence-corrected chi connectivity index (χ1v) is 5.98. The van der Waals surface area contributed by atoms with Crippen LogP contribution in [-0.2, 0) is 6.42 Å². The number of aryl methyl sites for hydroxylation is 2. The standard InChI is InChI=1S/C15H18N2/c1-12-11-14(9-10-17-12)15(16)8-7-13-5-3-2-4-6-13/h2-6,9-11,15H,7-8,16H2,1H3. The van der Waals surface area contributed by atoms with Crippen molar-refractivity contribution in [3.8, 4) is 0 Å². The smallest absolute Gasteiger partial charge is 0.0375 e. The predicted octanol–water partition coefficient (Wildman–Crippen LogP) is 3.02. The van der Waals surface area contributed by atoms with Crippen molar-refractivity contribution < 1.29 is 0 Å². The van der Waals surface area contributed by atoms with E-state index in [1.165, 1.54) is 11.1 Å². The molecule has 0 aliphatic carbocycles. The molecule has 2 heteroatoms. The fourth-order valence-corrected chi connectivity index (χ4v) is 1.93. The van der Waals surface area contributed by atoms with Gasteiger partial charge in [0.25, 0.3) is 0 Å². The number of hydrogen-bond donors (Lipinski definition) is 1. The third-order valence-corrected chi connectivity index (χ3v) is 2.94. The minimum absolute atomic E-state index is 0.0944. The number of benzene rings is 1. The van der Waals surface area contributed by atoms with Crippen LogP contribution < -0.4 is 5.73 Å². The van der Waals surface area contributed by atoms with Crippen LogP contribution in [0.1, 0.15) is 29.3 Å². The molecule has 0 fully saturated rings. The zero-order valence-corrected chi connectivity index (χ0v) is 10.1. The zero-order valence-electron chi connectivity index (χ0n) is 10.1. The van der Waals surface area contributed by atoms with Gasteiger partial charge in [0.05, 0.1) is 0 Å². The third kappa shape index (κ3) is 3.40. The van der Waals surface area contributed by atoms with Crippen molar-refractivity contribution >= 4 is 0 Å². The van der Waals surface area contributed by atoms with Crippen molar-refractivity contribution in [2.45, 2.75) is 25.8 Å². The summed E-state index contributed by atoms with van der Waals surface area (Å²) >= 11 is 0. The van der Waals surface area contributed by atoms with Gasteiger partial charge in [-0.05, 0) is 43.0 Å². The van der Waals surface area contributed by atoms with Gasteiger partial charge in [-0.15, -0.1) is 0 Å². The molecule has 0 amide bonds. The number of nitrogens with two attached hydrogens (primary N) is 1. The molecule has 0 bridgehead atoms. The lowest BCUT2D eigenvalue weighted by molar-refractivity contribution is 0.650. The Hall–Kier alpha value is -1.67. The Morgan fingerprint density at radius 2 is 1.94 bits per heavy atom. The van der Waals surface area contributed by atoms with Crippen LogP contribution in [0, 0.1) is 6.92 Å². The summed E-state index contributed by atoms with van der Waals surface area (Å²) in [6.45, 7) is 1.99. The first-order valence-electron chi connectivity index (χ1n) is 5.98. The summed E-state index contributed by atoms with van der Waals surface area (Å²) < 4.78 is 0. The maximum Gasteiger partial charge on any atom is 0.0375 e. The van der Waals surface area contributed by atoms with Gasteiger partial charge in [-0.3, -0.25) is 4.98 Å². The molecule has 0 aliphatic heterocycles. The van der Waals surface area contributed by atoms with Gasteiger partial charge in [0.1, 0.15) is 0 Å². The second kappa shape index (κ2) is 5.60. The predicted molar refractivity (Wildman–Crippen MR) is 70.7 cm³/mol. The summed E-state index contributed by atoms with van der Waals surface area (Å²) in [4.78, 5) is 4.18. The Morgan fingerprint density at radius 3 is 2.65 bits per heavy atom. The first-order chi connectivity index (χ1) is 8.25. The molecule has 0 aliphatic rings. The summed E-state index contributed by atoms with van der Waals surface area (Å²) in [6.07, 6.45) is 3.81. The molecular formula is C15H18N2. The normalized spacial score (nSPS) is 12.4. The van der Waals surface area contributed by atoms with Crippen LogP contribution in [0.5, 0.6) is 0 Å². The molecule has 1 unspecified atom stereocenters. The summed E-state index contributed by atoms with van der Waals surface area (Å²) in [5.41, 5.74) is 9.73. The molecule has 17 heavy (non-hydrogen) atoms. The van der Waals surface area contributed by atoms with Gasteiger partial charge in [-0.1, -0.05) is 30.3 Å². The Bertz CT molecular complexity index is 465. The number of hydrogen-bond acceptors (Lipinski definition) is 2. The SMILES string of the molecule is Cc1cc(C(N)CCc2ccccc2)ccn1. The lowest BCUT2D eigenvalue weighted by Gasteiger charge is -2.12. The highest BCUT2D eigenvalue weighted by atomic mass is 14.7. The Morgan fingerprint density at radius 1 is 1.18 bits per heavy atom. The van der Waals surface area contributed by atoms with Gasteiger partial charge in [0, 0.05) is 17.9 Å². The van der Waals surface area contributed by atoms with E-state index in [-0.39, 0.29) is 6.04 Å². The van der Waals surface area contributed by atoms with Crippen LogP contribution in [0.2, 0.25) is 0 Å². The number of rotatable bonds is 4. The van der Waals surface area contributed by atoms with Gasteiger partial charge < -0.3 is 5.73 Å². The molecule has 2 nitrogen and oxygen atoms in total. The fraction of sp³-hybridized carbons (Fsp3) is 0.267. The van der Waals surface area contributed by atoms with E-state index in [1.807, 2.05) is 25.3 Å². The largest absolute Gasteiger partial charge is 0.324 e. The van der Waals surface area contributed by atoms with Crippen molar-refractivity contribution in [3.05, 3.63) is 65.5 Å². The molecule has 1 atom stereocenters. The molecule has 88 valence electrons. The van der Waals surface area contributed by atoms with E-state index in [1.54, 1.807) is 0 Å². The molecule has 0 saturated heterocycles. The van der Waals surface area contributed by atoms with E-state index in [9.17, 15) is 0 Å². The second-order valence-corrected chi connectivity index (χ2v) is 4.36. The van der Waals surface area contributed by atoms with Crippen LogP contribution in [0.25, 0.3) is 0 Å². The van der Waals surface area contributed by atoms with Gasteiger partial charge in [0.15, 0.2) is 0 Å². The van der Waals surface area contributed by atoms with Crippen LogP contribution >= 0.6 is 0 Å². The van der Waals surface area contributed by atoms with Crippen molar-refractivity contribution in [2.24, 2.45) is 5.73 Å². The maximum absolute atomic E-state index is 6.18. The molecule has 1 aromatic heterocycles. The fourth-order valence-electron chi connectivity index (χ4n) is 1.93. The van der Waals surface area contributed by atoms with Crippen molar-refractivity contribution in [2.75, 3.05) is 0 Å². The van der Waals surface area contributed by atoms with E-state index in [4.69, 9.17) is 5.73 Å². The summed E-state index contributed by atoms with van der Waals surface area (Å²) in [7, 11) is 0. The molecule has 0 spiro atoms. The second-order valence-electron chi connectivity index (χ2n) is 4.36. The van der Waals surface area contributed by atoms with E-state index >= 15 is 0 Å². The number of pyridine rings is 1. The van der Waals surface area contributed by atoms with Gasteiger partial charge >= 0.3 is 0 Å². The van der Waals surface area contributed by atoms with E-state index in [0.29, 0.717) is 0 Å². The van der Waals surface area contributed by atoms with Crippen LogP contribution in [0.3, 0.4) is 0 Å². The van der Waals surface area contributed by atoms with Crippen LogP contribution in [-0.4, -0.2) is 4.98 Å². The molecule has 0 saturated carbocycles. The lowest BCUT2D eigenvalue weighted by Crippen LogP contribution is -2.11. The first kappa shape index (κ1) is 11.8. The maximum atomic E-state index is 6.18. The topological polar surface area (TPSA) is 38.9 Å². The molecule has 0 radical (unpaired) electrons. The molecule has 1 aromatic carbocycles. The molecule has 1 heterocycles. The Balaban J connectivity index is 1.96. The van der Waals surface area contributed by atoms with E-state index in [2.05, 4.69) is 35.3 Å². The molecule has 2 rings (SSSR count). The van der Waals surface area contributed by atoms with Crippen LogP contribution in [0.4, 0.5) is 0 Å². The van der Waals surface area contributed by atoms with Gasteiger partial charge in [-0.25, -0.2) is 0 Å². The zero-order chi connectivity index (χ0) is 12.1. The number of nitrogens with zero attached hydrogens (tertiary/aromatic N) is 1. The van der Waals surface area contributed by atoms with Crippen molar-refractivity contribution in [3.63, 3.8) is 0 Å². The lowest BCUT2D eigenvalue weighted by atomic mass is 10.0. The highest BCUT2D eigenvalue weighted by Crippen LogP contribution is 2.16. The molecular weight excluding hydrogens is 208 g/mol. The Kier molecular flexibility index (Phi) is 3.89. The van der Waals surface area contributed by atoms with Crippen molar-refractivity contribution in [1.82, 2.24) is 4.98 Å². The summed E-state index contributed by atoms with van der Waals surface area (Å²) in [5.74, 6) is 0. The molecule has 2 N–H and O–H groups in total. The monoisotopic (exact) mass is 226 g/mol. The number of aromatic nitrogens is 1. The minimum Gasteiger partial charge on any atom is -0.324 e. The average Bonchev–Trinajstić information content (AvgIpc) is 2.37. The quantitative estimate of drug-likeness (QED) is 0.870. The van der Waals surface area contributed by atoms with Crippen LogP contribution in [0.15, 0.2) is 48.7 Å². The minimum atomic E-state index is 0.0944. The highest BCUT2D eigenvalue weighted by molar-refractivity contribution is 5.20. The van der Waals surface area contributed by atoms with Gasteiger partial charge in [0.2, 0.25) is 0 Å². The molecule has 2 aromatic rings. The summed E-state index contributed by atoms with van der Waals surface area (Å²) in [5, 5.41) is 0. The van der Waals surface area contributed by atoms with Crippen molar-refractivity contribution in [1.29, 1.82) is 0 Å².